The molecule has 0 spiro atoms. The van der Waals surface area contributed by atoms with E-state index in [-0.39, 0.29) is 5.91 Å². The van der Waals surface area contributed by atoms with Crippen LogP contribution in [0.25, 0.3) is 0 Å². The third kappa shape index (κ3) is 5.62. The first kappa shape index (κ1) is 18.4. The number of hydrogen-bond donors (Lipinski definition) is 1. The van der Waals surface area contributed by atoms with Gasteiger partial charge in [0.1, 0.15) is 18.1 Å². The number of halogens is 2. The van der Waals surface area contributed by atoms with Crippen molar-refractivity contribution < 1.29 is 14.3 Å². The van der Waals surface area contributed by atoms with Crippen molar-refractivity contribution in [1.29, 1.82) is 0 Å². The average molecular weight is 368 g/mol. The maximum Gasteiger partial charge on any atom is 0.260 e. The number of aryl methyl sites for hydroxylation is 1. The highest BCUT2D eigenvalue weighted by Gasteiger charge is 2.14. The molecule has 128 valence electrons. The molecule has 0 saturated heterocycles. The Bertz CT molecular complexity index is 706. The monoisotopic (exact) mass is 367 g/mol. The van der Waals surface area contributed by atoms with Gasteiger partial charge in [0.25, 0.3) is 5.91 Å². The molecule has 2 aromatic rings. The fourth-order valence-corrected chi connectivity index (χ4v) is 2.30. The molecular formula is C18H19Cl2NO3. The Labute approximate surface area is 151 Å². The van der Waals surface area contributed by atoms with Crippen LogP contribution in [0, 0.1) is 6.92 Å². The van der Waals surface area contributed by atoms with Crippen LogP contribution in [0.4, 0.5) is 0 Å². The van der Waals surface area contributed by atoms with Crippen LogP contribution in [0.1, 0.15) is 12.5 Å². The summed E-state index contributed by atoms with van der Waals surface area (Å²) in [7, 11) is 0. The molecule has 0 unspecified atom stereocenters. The maximum atomic E-state index is 12.0. The second-order valence-electron chi connectivity index (χ2n) is 5.27. The molecule has 1 amide bonds. The quantitative estimate of drug-likeness (QED) is 0.743. The minimum Gasteiger partial charge on any atom is -0.492 e. The summed E-state index contributed by atoms with van der Waals surface area (Å²) in [5.74, 6) is 0.999. The molecule has 0 aliphatic carbocycles. The van der Waals surface area contributed by atoms with Crippen LogP contribution in [-0.2, 0) is 4.79 Å². The van der Waals surface area contributed by atoms with Crippen molar-refractivity contribution >= 4 is 29.1 Å². The fourth-order valence-electron chi connectivity index (χ4n) is 1.95. The van der Waals surface area contributed by atoms with E-state index < -0.39 is 6.10 Å². The highest BCUT2D eigenvalue weighted by atomic mass is 35.5. The molecule has 4 nitrogen and oxygen atoms in total. The van der Waals surface area contributed by atoms with Gasteiger partial charge in [-0.2, -0.15) is 0 Å². The normalized spacial score (nSPS) is 11.7. The van der Waals surface area contributed by atoms with Gasteiger partial charge in [0.15, 0.2) is 6.10 Å². The molecule has 0 bridgehead atoms. The summed E-state index contributed by atoms with van der Waals surface area (Å²) in [6, 6.07) is 12.4. The number of rotatable bonds is 7. The number of nitrogens with one attached hydrogen (secondary N) is 1. The van der Waals surface area contributed by atoms with Gasteiger partial charge in [0, 0.05) is 10.0 Å². The van der Waals surface area contributed by atoms with E-state index in [1.807, 2.05) is 19.1 Å². The molecule has 0 saturated carbocycles. The first-order valence-corrected chi connectivity index (χ1v) is 8.30. The predicted octanol–water partition coefficient (Wildman–Crippen LogP) is 4.26. The van der Waals surface area contributed by atoms with Gasteiger partial charge in [-0.25, -0.2) is 0 Å². The van der Waals surface area contributed by atoms with Gasteiger partial charge < -0.3 is 14.8 Å². The smallest absolute Gasteiger partial charge is 0.260 e. The van der Waals surface area contributed by atoms with Crippen molar-refractivity contribution in [3.8, 4) is 11.5 Å². The first-order chi connectivity index (χ1) is 11.5. The lowest BCUT2D eigenvalue weighted by atomic mass is 10.2. The zero-order chi connectivity index (χ0) is 17.5. The van der Waals surface area contributed by atoms with Crippen molar-refractivity contribution in [2.75, 3.05) is 13.2 Å². The van der Waals surface area contributed by atoms with Crippen molar-refractivity contribution in [1.82, 2.24) is 5.32 Å². The summed E-state index contributed by atoms with van der Waals surface area (Å²) in [5, 5.41) is 3.97. The highest BCUT2D eigenvalue weighted by Crippen LogP contribution is 2.21. The number of carbonyl (C=O) groups is 1. The van der Waals surface area contributed by atoms with Crippen LogP contribution < -0.4 is 14.8 Å². The van der Waals surface area contributed by atoms with Crippen LogP contribution >= 0.6 is 23.2 Å². The third-order valence-electron chi connectivity index (χ3n) is 3.29. The SMILES string of the molecule is Cc1ccc(OCCNC(=O)[C@@H](C)Oc2cccc(Cl)c2)cc1Cl. The molecule has 24 heavy (non-hydrogen) atoms. The Kier molecular flexibility index (Phi) is 6.76. The minimum atomic E-state index is -0.628. The molecular weight excluding hydrogens is 349 g/mol. The van der Waals surface area contributed by atoms with Crippen molar-refractivity contribution in [3.05, 3.63) is 58.1 Å². The number of ether oxygens (including phenoxy) is 2. The summed E-state index contributed by atoms with van der Waals surface area (Å²) in [4.78, 5) is 12.0. The predicted molar refractivity (Wildman–Crippen MR) is 96.2 cm³/mol. The maximum absolute atomic E-state index is 12.0. The molecule has 6 heteroatoms. The number of hydrogen-bond acceptors (Lipinski definition) is 3. The van der Waals surface area contributed by atoms with Crippen LogP contribution in [-0.4, -0.2) is 25.2 Å². The third-order valence-corrected chi connectivity index (χ3v) is 3.93. The van der Waals surface area contributed by atoms with Crippen molar-refractivity contribution in [2.24, 2.45) is 0 Å². The lowest BCUT2D eigenvalue weighted by Gasteiger charge is -2.15. The highest BCUT2D eigenvalue weighted by molar-refractivity contribution is 6.31. The average Bonchev–Trinajstić information content (AvgIpc) is 2.54. The van der Waals surface area contributed by atoms with Gasteiger partial charge in [-0.05, 0) is 49.7 Å². The van der Waals surface area contributed by atoms with Crippen LogP contribution in [0.3, 0.4) is 0 Å². The Morgan fingerprint density at radius 3 is 2.67 bits per heavy atom. The molecule has 0 heterocycles. The van der Waals surface area contributed by atoms with Crippen molar-refractivity contribution in [2.45, 2.75) is 20.0 Å². The van der Waals surface area contributed by atoms with Gasteiger partial charge in [0.2, 0.25) is 0 Å². The van der Waals surface area contributed by atoms with E-state index in [2.05, 4.69) is 5.32 Å². The topological polar surface area (TPSA) is 47.6 Å². The van der Waals surface area contributed by atoms with E-state index in [0.29, 0.717) is 34.7 Å². The fraction of sp³-hybridized carbons (Fsp3) is 0.278. The number of benzene rings is 2. The molecule has 0 radical (unpaired) electrons. The second-order valence-corrected chi connectivity index (χ2v) is 6.11. The van der Waals surface area contributed by atoms with Gasteiger partial charge in [-0.3, -0.25) is 4.79 Å². The number of carbonyl (C=O) groups excluding carboxylic acids is 1. The molecule has 2 aromatic carbocycles. The Morgan fingerprint density at radius 2 is 1.96 bits per heavy atom. The Morgan fingerprint density at radius 1 is 1.17 bits per heavy atom. The Balaban J connectivity index is 1.73. The molecule has 0 aromatic heterocycles. The minimum absolute atomic E-state index is 0.222. The van der Waals surface area contributed by atoms with E-state index in [0.717, 1.165) is 5.56 Å². The van der Waals surface area contributed by atoms with Gasteiger partial charge >= 0.3 is 0 Å². The largest absolute Gasteiger partial charge is 0.492 e. The summed E-state index contributed by atoms with van der Waals surface area (Å²) < 4.78 is 11.1. The Hall–Kier alpha value is -1.91. The second kappa shape index (κ2) is 8.81. The van der Waals surface area contributed by atoms with Gasteiger partial charge in [0.05, 0.1) is 6.54 Å². The van der Waals surface area contributed by atoms with E-state index in [1.165, 1.54) is 0 Å². The number of amides is 1. The van der Waals surface area contributed by atoms with Crippen LogP contribution in [0.15, 0.2) is 42.5 Å². The molecule has 0 aliphatic rings. The zero-order valence-corrected chi connectivity index (χ0v) is 15.0. The molecule has 0 aliphatic heterocycles. The van der Waals surface area contributed by atoms with E-state index in [4.69, 9.17) is 32.7 Å². The summed E-state index contributed by atoms with van der Waals surface area (Å²) >= 11 is 11.9. The molecule has 1 N–H and O–H groups in total. The summed E-state index contributed by atoms with van der Waals surface area (Å²) in [5.41, 5.74) is 0.990. The lowest BCUT2D eigenvalue weighted by Crippen LogP contribution is -2.38. The van der Waals surface area contributed by atoms with Gasteiger partial charge in [-0.15, -0.1) is 0 Å². The van der Waals surface area contributed by atoms with E-state index in [1.54, 1.807) is 37.3 Å². The van der Waals surface area contributed by atoms with Crippen LogP contribution in [0.2, 0.25) is 10.0 Å². The summed E-state index contributed by atoms with van der Waals surface area (Å²) in [6.07, 6.45) is -0.628. The van der Waals surface area contributed by atoms with Crippen molar-refractivity contribution in [3.63, 3.8) is 0 Å². The standard InChI is InChI=1S/C18H19Cl2NO3/c1-12-6-7-15(11-17(12)20)23-9-8-21-18(22)13(2)24-16-5-3-4-14(19)10-16/h3-7,10-11,13H,8-9H2,1-2H3,(H,21,22)/t13-/m1/s1. The zero-order valence-electron chi connectivity index (χ0n) is 13.5. The molecule has 1 atom stereocenters. The summed E-state index contributed by atoms with van der Waals surface area (Å²) in [6.45, 7) is 4.31. The van der Waals surface area contributed by atoms with E-state index >= 15 is 0 Å². The van der Waals surface area contributed by atoms with E-state index in [9.17, 15) is 4.79 Å². The molecule has 2 rings (SSSR count). The first-order valence-electron chi connectivity index (χ1n) is 7.54. The van der Waals surface area contributed by atoms with Crippen LogP contribution in [0.5, 0.6) is 11.5 Å². The lowest BCUT2D eigenvalue weighted by molar-refractivity contribution is -0.127. The molecule has 0 fully saturated rings. The van der Waals surface area contributed by atoms with Gasteiger partial charge in [-0.1, -0.05) is 35.3 Å².